The Kier molecular flexibility index (Phi) is 3.37. The van der Waals surface area contributed by atoms with Crippen LogP contribution >= 0.6 is 27.7 Å². The Morgan fingerprint density at radius 2 is 2.27 bits per heavy atom. The molecule has 0 atom stereocenters. The third-order valence-electron chi connectivity index (χ3n) is 1.49. The van der Waals surface area contributed by atoms with Gasteiger partial charge in [0.25, 0.3) is 0 Å². The molecule has 0 amide bonds. The molecule has 1 aromatic rings. The maximum atomic E-state index is 5.37. The maximum absolute atomic E-state index is 5.37. The van der Waals surface area contributed by atoms with Crippen LogP contribution in [0.1, 0.15) is 11.1 Å². The molecule has 0 spiro atoms. The topological polar surface area (TPSA) is 12.0 Å². The van der Waals surface area contributed by atoms with E-state index in [-0.39, 0.29) is 0 Å². The predicted molar refractivity (Wildman–Crippen MR) is 51.6 cm³/mol. The Balaban J connectivity index is 2.86. The van der Waals surface area contributed by atoms with Crippen LogP contribution in [0.15, 0.2) is 22.7 Å². The van der Waals surface area contributed by atoms with E-state index in [9.17, 15) is 0 Å². The summed E-state index contributed by atoms with van der Waals surface area (Å²) < 4.78 is 1.14. The number of hydrogen-bond donors (Lipinski definition) is 1. The summed E-state index contributed by atoms with van der Waals surface area (Å²) in [5.41, 5.74) is 2.43. The summed E-state index contributed by atoms with van der Waals surface area (Å²) in [6.07, 6.45) is 0. The van der Waals surface area contributed by atoms with E-state index in [4.69, 9.17) is 11.8 Å². The third-order valence-corrected chi connectivity index (χ3v) is 2.52. The van der Waals surface area contributed by atoms with E-state index in [1.807, 2.05) is 12.1 Å². The van der Waals surface area contributed by atoms with Gasteiger partial charge in [-0.3, -0.25) is 0 Å². The molecule has 0 aliphatic heterocycles. The van der Waals surface area contributed by atoms with Crippen LogP contribution in [0.25, 0.3) is 0 Å². The normalized spacial score (nSPS) is 10.1. The molecule has 0 fully saturated rings. The fourth-order valence-corrected chi connectivity index (χ4v) is 1.29. The zero-order valence-corrected chi connectivity index (χ0v) is 8.54. The molecule has 0 radical (unpaired) electrons. The molecule has 1 nitrogen and oxygen atoms in total. The molecule has 0 unspecified atom stereocenters. The van der Waals surface area contributed by atoms with Gasteiger partial charge in [0.1, 0.15) is 0 Å². The summed E-state index contributed by atoms with van der Waals surface area (Å²) >= 11 is 8.79. The largest absolute Gasteiger partial charge is 0.229 e. The van der Waals surface area contributed by atoms with Gasteiger partial charge in [-0.05, 0) is 35.9 Å². The Morgan fingerprint density at radius 1 is 1.55 bits per heavy atom. The van der Waals surface area contributed by atoms with E-state index in [1.165, 1.54) is 11.1 Å². The van der Waals surface area contributed by atoms with Crippen molar-refractivity contribution in [2.24, 2.45) is 0 Å². The summed E-state index contributed by atoms with van der Waals surface area (Å²) in [6, 6.07) is 6.16. The first-order valence-corrected chi connectivity index (χ1v) is 4.49. The maximum Gasteiger partial charge on any atom is 0.0359 e. The van der Waals surface area contributed by atoms with Crippen LogP contribution in [-0.2, 0) is 6.54 Å². The van der Waals surface area contributed by atoms with Crippen molar-refractivity contribution in [3.8, 4) is 0 Å². The van der Waals surface area contributed by atoms with E-state index >= 15 is 0 Å². The van der Waals surface area contributed by atoms with Gasteiger partial charge in [0.2, 0.25) is 0 Å². The zero-order chi connectivity index (χ0) is 8.27. The zero-order valence-electron chi connectivity index (χ0n) is 6.20. The lowest BCUT2D eigenvalue weighted by atomic mass is 10.1. The molecule has 0 aliphatic rings. The molecule has 3 heteroatoms. The molecule has 60 valence electrons. The highest BCUT2D eigenvalue weighted by Gasteiger charge is 1.95. The van der Waals surface area contributed by atoms with Gasteiger partial charge in [0.05, 0.1) is 0 Å². The average molecular weight is 235 g/mol. The number of rotatable bonds is 2. The minimum absolute atomic E-state index is 0.704. The molecule has 11 heavy (non-hydrogen) atoms. The van der Waals surface area contributed by atoms with Gasteiger partial charge in [0, 0.05) is 11.0 Å². The lowest BCUT2D eigenvalue weighted by molar-refractivity contribution is 0.960. The quantitative estimate of drug-likeness (QED) is 0.776. The van der Waals surface area contributed by atoms with Crippen molar-refractivity contribution in [2.45, 2.75) is 13.5 Å². The van der Waals surface area contributed by atoms with Gasteiger partial charge in [-0.1, -0.05) is 28.1 Å². The van der Waals surface area contributed by atoms with Crippen LogP contribution in [0.4, 0.5) is 0 Å². The van der Waals surface area contributed by atoms with Gasteiger partial charge in [-0.15, -0.1) is 0 Å². The summed E-state index contributed by atoms with van der Waals surface area (Å²) in [7, 11) is 0. The molecule has 0 bridgehead atoms. The van der Waals surface area contributed by atoms with Crippen molar-refractivity contribution in [2.75, 3.05) is 0 Å². The molecule has 0 heterocycles. The van der Waals surface area contributed by atoms with Crippen molar-refractivity contribution in [3.63, 3.8) is 0 Å². The summed E-state index contributed by atoms with van der Waals surface area (Å²) in [5.74, 6) is 0. The van der Waals surface area contributed by atoms with Crippen LogP contribution in [-0.4, -0.2) is 0 Å². The van der Waals surface area contributed by atoms with Gasteiger partial charge < -0.3 is 0 Å². The van der Waals surface area contributed by atoms with E-state index in [1.54, 1.807) is 0 Å². The molecular formula is C8H9BrClN. The molecule has 1 N–H and O–H groups in total. The van der Waals surface area contributed by atoms with Crippen molar-refractivity contribution < 1.29 is 0 Å². The van der Waals surface area contributed by atoms with Crippen LogP contribution in [0.3, 0.4) is 0 Å². The van der Waals surface area contributed by atoms with E-state index in [2.05, 4.69) is 33.8 Å². The highest BCUT2D eigenvalue weighted by molar-refractivity contribution is 9.10. The lowest BCUT2D eigenvalue weighted by Gasteiger charge is -2.01. The standard InChI is InChI=1S/C8H9BrClN/c1-6-4-7(5-11-10)2-3-8(6)9/h2-4,11H,5H2,1H3. The summed E-state index contributed by atoms with van der Waals surface area (Å²) in [6.45, 7) is 2.76. The SMILES string of the molecule is Cc1cc(CNCl)ccc1Br. The highest BCUT2D eigenvalue weighted by atomic mass is 79.9. The number of benzene rings is 1. The van der Waals surface area contributed by atoms with Gasteiger partial charge in [-0.25, -0.2) is 4.84 Å². The first-order chi connectivity index (χ1) is 5.24. The van der Waals surface area contributed by atoms with Crippen molar-refractivity contribution in [1.29, 1.82) is 0 Å². The predicted octanol–water partition coefficient (Wildman–Crippen LogP) is 3.00. The minimum atomic E-state index is 0.704. The van der Waals surface area contributed by atoms with Crippen LogP contribution in [0, 0.1) is 6.92 Å². The highest BCUT2D eigenvalue weighted by Crippen LogP contribution is 2.16. The van der Waals surface area contributed by atoms with Crippen molar-refractivity contribution >= 4 is 27.7 Å². The van der Waals surface area contributed by atoms with Crippen LogP contribution in [0.2, 0.25) is 0 Å². The second kappa shape index (κ2) is 4.10. The number of nitrogens with one attached hydrogen (secondary N) is 1. The number of halogens is 2. The molecule has 0 aliphatic carbocycles. The fourth-order valence-electron chi connectivity index (χ4n) is 0.894. The molecule has 0 saturated carbocycles. The van der Waals surface area contributed by atoms with Gasteiger partial charge in [-0.2, -0.15) is 0 Å². The van der Waals surface area contributed by atoms with E-state index in [0.29, 0.717) is 6.54 Å². The lowest BCUT2D eigenvalue weighted by Crippen LogP contribution is -1.98. The molecule has 0 saturated heterocycles. The molecule has 0 aromatic heterocycles. The Bertz CT molecular complexity index is 250. The second-order valence-corrected chi connectivity index (χ2v) is 3.52. The Morgan fingerprint density at radius 3 is 2.82 bits per heavy atom. The number of hydrogen-bond acceptors (Lipinski definition) is 1. The third kappa shape index (κ3) is 2.47. The summed E-state index contributed by atoms with van der Waals surface area (Å²) in [4.78, 5) is 2.59. The van der Waals surface area contributed by atoms with Crippen LogP contribution < -0.4 is 4.84 Å². The Labute approximate surface area is 80.0 Å². The van der Waals surface area contributed by atoms with Crippen LogP contribution in [0.5, 0.6) is 0 Å². The van der Waals surface area contributed by atoms with E-state index < -0.39 is 0 Å². The van der Waals surface area contributed by atoms with Gasteiger partial charge >= 0.3 is 0 Å². The monoisotopic (exact) mass is 233 g/mol. The first-order valence-electron chi connectivity index (χ1n) is 3.32. The van der Waals surface area contributed by atoms with Gasteiger partial charge in [0.15, 0.2) is 0 Å². The minimum Gasteiger partial charge on any atom is -0.229 e. The molecular weight excluding hydrogens is 225 g/mol. The Hall–Kier alpha value is -0.0500. The number of aryl methyl sites for hydroxylation is 1. The summed E-state index contributed by atoms with van der Waals surface area (Å²) in [5, 5.41) is 0. The second-order valence-electron chi connectivity index (χ2n) is 2.39. The molecule has 1 rings (SSSR count). The fraction of sp³-hybridized carbons (Fsp3) is 0.250. The molecule has 1 aromatic carbocycles. The first kappa shape index (κ1) is 9.04. The van der Waals surface area contributed by atoms with Crippen molar-refractivity contribution in [1.82, 2.24) is 4.84 Å². The smallest absolute Gasteiger partial charge is 0.0359 e. The van der Waals surface area contributed by atoms with Crippen molar-refractivity contribution in [3.05, 3.63) is 33.8 Å². The average Bonchev–Trinajstić information content (AvgIpc) is 1.98. The van der Waals surface area contributed by atoms with E-state index in [0.717, 1.165) is 4.47 Å².